The summed E-state index contributed by atoms with van der Waals surface area (Å²) in [4.78, 5) is 0. The van der Waals surface area contributed by atoms with Gasteiger partial charge in [0.15, 0.2) is 11.6 Å². The zero-order chi connectivity index (χ0) is 14.2. The lowest BCUT2D eigenvalue weighted by molar-refractivity contribution is 0.315. The molecule has 0 saturated heterocycles. The Bertz CT molecular complexity index is 531. The minimum absolute atomic E-state index is 0.253. The van der Waals surface area contributed by atoms with Gasteiger partial charge in [-0.25, -0.2) is 4.39 Å². The van der Waals surface area contributed by atoms with Crippen molar-refractivity contribution in [3.05, 3.63) is 54.3 Å². The Balaban J connectivity index is 1.69. The lowest BCUT2D eigenvalue weighted by atomic mass is 10.3. The largest absolute Gasteiger partial charge is 0.494 e. The summed E-state index contributed by atoms with van der Waals surface area (Å²) in [6.07, 6.45) is 0.836. The smallest absolute Gasteiger partial charge is 0.167 e. The van der Waals surface area contributed by atoms with E-state index >= 15 is 0 Å². The highest BCUT2D eigenvalue weighted by atomic mass is 19.1. The molecule has 0 aliphatic carbocycles. The highest BCUT2D eigenvalue weighted by molar-refractivity contribution is 5.47. The van der Waals surface area contributed by atoms with Gasteiger partial charge < -0.3 is 14.8 Å². The fourth-order valence-corrected chi connectivity index (χ4v) is 1.79. The Morgan fingerprint density at radius 1 is 1.10 bits per heavy atom. The molecular formula is C16H18FNO2. The van der Waals surface area contributed by atoms with E-state index in [1.165, 1.54) is 13.2 Å². The minimum atomic E-state index is -0.363. The molecule has 0 bridgehead atoms. The second kappa shape index (κ2) is 7.38. The topological polar surface area (TPSA) is 30.5 Å². The van der Waals surface area contributed by atoms with E-state index in [9.17, 15) is 4.39 Å². The molecule has 0 heterocycles. The monoisotopic (exact) mass is 275 g/mol. The van der Waals surface area contributed by atoms with Crippen molar-refractivity contribution in [1.29, 1.82) is 0 Å². The van der Waals surface area contributed by atoms with Crippen LogP contribution in [0.1, 0.15) is 6.42 Å². The summed E-state index contributed by atoms with van der Waals surface area (Å²) in [6, 6.07) is 14.5. The Hall–Kier alpha value is -2.23. The number of nitrogens with one attached hydrogen (secondary N) is 1. The fourth-order valence-electron chi connectivity index (χ4n) is 1.79. The van der Waals surface area contributed by atoms with Crippen molar-refractivity contribution in [1.82, 2.24) is 0 Å². The van der Waals surface area contributed by atoms with E-state index in [4.69, 9.17) is 9.47 Å². The second-order valence-electron chi connectivity index (χ2n) is 4.29. The van der Waals surface area contributed by atoms with Crippen LogP contribution in [0.5, 0.6) is 11.5 Å². The standard InChI is InChI=1S/C16H18FNO2/c1-19-16-9-8-13(12-15(16)17)18-10-5-11-20-14-6-3-2-4-7-14/h2-4,6-9,12,18H,5,10-11H2,1H3. The van der Waals surface area contributed by atoms with Gasteiger partial charge in [0, 0.05) is 18.3 Å². The van der Waals surface area contributed by atoms with E-state index in [1.807, 2.05) is 30.3 Å². The van der Waals surface area contributed by atoms with Gasteiger partial charge in [-0.3, -0.25) is 0 Å². The van der Waals surface area contributed by atoms with Gasteiger partial charge in [-0.05, 0) is 30.7 Å². The predicted molar refractivity (Wildman–Crippen MR) is 78.0 cm³/mol. The van der Waals surface area contributed by atoms with Crippen LogP contribution in [0, 0.1) is 5.82 Å². The van der Waals surface area contributed by atoms with Crippen molar-refractivity contribution in [2.75, 3.05) is 25.6 Å². The van der Waals surface area contributed by atoms with E-state index in [0.29, 0.717) is 6.61 Å². The third-order valence-corrected chi connectivity index (χ3v) is 2.81. The van der Waals surface area contributed by atoms with Crippen LogP contribution in [0.3, 0.4) is 0 Å². The Kier molecular flexibility index (Phi) is 5.24. The zero-order valence-corrected chi connectivity index (χ0v) is 11.4. The molecule has 2 aromatic carbocycles. The van der Waals surface area contributed by atoms with Crippen LogP contribution < -0.4 is 14.8 Å². The third kappa shape index (κ3) is 4.16. The first-order chi connectivity index (χ1) is 9.79. The molecule has 1 N–H and O–H groups in total. The average molecular weight is 275 g/mol. The fraction of sp³-hybridized carbons (Fsp3) is 0.250. The summed E-state index contributed by atoms with van der Waals surface area (Å²) in [5.41, 5.74) is 0.739. The predicted octanol–water partition coefficient (Wildman–Crippen LogP) is 3.72. The summed E-state index contributed by atoms with van der Waals surface area (Å²) in [6.45, 7) is 1.34. The van der Waals surface area contributed by atoms with Crippen LogP contribution in [-0.2, 0) is 0 Å². The first-order valence-corrected chi connectivity index (χ1v) is 6.55. The van der Waals surface area contributed by atoms with Gasteiger partial charge >= 0.3 is 0 Å². The molecule has 0 aliphatic heterocycles. The minimum Gasteiger partial charge on any atom is -0.494 e. The summed E-state index contributed by atoms with van der Waals surface area (Å²) >= 11 is 0. The Morgan fingerprint density at radius 2 is 1.90 bits per heavy atom. The molecule has 0 spiro atoms. The Labute approximate surface area is 118 Å². The van der Waals surface area contributed by atoms with Crippen molar-refractivity contribution in [3.63, 3.8) is 0 Å². The van der Waals surface area contributed by atoms with Crippen molar-refractivity contribution >= 4 is 5.69 Å². The van der Waals surface area contributed by atoms with Crippen LogP contribution in [0.2, 0.25) is 0 Å². The van der Waals surface area contributed by atoms with E-state index in [-0.39, 0.29) is 11.6 Å². The molecule has 2 rings (SSSR count). The molecule has 106 valence electrons. The average Bonchev–Trinajstić information content (AvgIpc) is 2.48. The molecule has 20 heavy (non-hydrogen) atoms. The Morgan fingerprint density at radius 3 is 2.60 bits per heavy atom. The number of para-hydroxylation sites is 1. The second-order valence-corrected chi connectivity index (χ2v) is 4.29. The van der Waals surface area contributed by atoms with Crippen LogP contribution >= 0.6 is 0 Å². The molecular weight excluding hydrogens is 257 g/mol. The number of benzene rings is 2. The van der Waals surface area contributed by atoms with Crippen molar-refractivity contribution < 1.29 is 13.9 Å². The van der Waals surface area contributed by atoms with E-state index in [0.717, 1.165) is 24.4 Å². The van der Waals surface area contributed by atoms with Gasteiger partial charge in [-0.1, -0.05) is 18.2 Å². The van der Waals surface area contributed by atoms with Gasteiger partial charge in [0.2, 0.25) is 0 Å². The number of rotatable bonds is 7. The van der Waals surface area contributed by atoms with E-state index < -0.39 is 0 Å². The first kappa shape index (κ1) is 14.2. The third-order valence-electron chi connectivity index (χ3n) is 2.81. The summed E-state index contributed by atoms with van der Waals surface area (Å²) in [7, 11) is 1.45. The first-order valence-electron chi connectivity index (χ1n) is 6.55. The summed E-state index contributed by atoms with van der Waals surface area (Å²) < 4.78 is 23.9. The molecule has 0 unspecified atom stereocenters. The maximum Gasteiger partial charge on any atom is 0.167 e. The number of hydrogen-bond donors (Lipinski definition) is 1. The van der Waals surface area contributed by atoms with Crippen LogP contribution in [0.4, 0.5) is 10.1 Å². The lowest BCUT2D eigenvalue weighted by Crippen LogP contribution is -2.07. The maximum absolute atomic E-state index is 13.5. The molecule has 0 atom stereocenters. The molecule has 0 fully saturated rings. The SMILES string of the molecule is COc1ccc(NCCCOc2ccccc2)cc1F. The van der Waals surface area contributed by atoms with Crippen molar-refractivity contribution in [2.45, 2.75) is 6.42 Å². The maximum atomic E-state index is 13.5. The molecule has 0 radical (unpaired) electrons. The van der Waals surface area contributed by atoms with Gasteiger partial charge in [0.25, 0.3) is 0 Å². The van der Waals surface area contributed by atoms with E-state index in [2.05, 4.69) is 5.32 Å². The molecule has 3 nitrogen and oxygen atoms in total. The van der Waals surface area contributed by atoms with E-state index in [1.54, 1.807) is 12.1 Å². The number of hydrogen-bond acceptors (Lipinski definition) is 3. The number of methoxy groups -OCH3 is 1. The molecule has 4 heteroatoms. The number of ether oxygens (including phenoxy) is 2. The number of anilines is 1. The van der Waals surface area contributed by atoms with Gasteiger partial charge in [-0.15, -0.1) is 0 Å². The van der Waals surface area contributed by atoms with Gasteiger partial charge in [0.1, 0.15) is 5.75 Å². The van der Waals surface area contributed by atoms with Gasteiger partial charge in [0.05, 0.1) is 13.7 Å². The number of halogens is 1. The molecule has 2 aromatic rings. The lowest BCUT2D eigenvalue weighted by Gasteiger charge is -2.09. The summed E-state index contributed by atoms with van der Waals surface area (Å²) in [5.74, 6) is 0.754. The molecule has 0 saturated carbocycles. The van der Waals surface area contributed by atoms with Crippen LogP contribution in [-0.4, -0.2) is 20.3 Å². The molecule has 0 amide bonds. The zero-order valence-electron chi connectivity index (χ0n) is 11.4. The quantitative estimate of drug-likeness (QED) is 0.781. The van der Waals surface area contributed by atoms with Crippen molar-refractivity contribution in [3.8, 4) is 11.5 Å². The van der Waals surface area contributed by atoms with Crippen LogP contribution in [0.15, 0.2) is 48.5 Å². The van der Waals surface area contributed by atoms with Gasteiger partial charge in [-0.2, -0.15) is 0 Å². The van der Waals surface area contributed by atoms with Crippen molar-refractivity contribution in [2.24, 2.45) is 0 Å². The highest BCUT2D eigenvalue weighted by Gasteiger charge is 2.02. The van der Waals surface area contributed by atoms with Crippen LogP contribution in [0.25, 0.3) is 0 Å². The normalized spacial score (nSPS) is 10.1. The molecule has 0 aliphatic rings. The highest BCUT2D eigenvalue weighted by Crippen LogP contribution is 2.20. The molecule has 0 aromatic heterocycles. The summed E-state index contributed by atoms with van der Waals surface area (Å²) in [5, 5.41) is 3.15.